The molecule has 11 nitrogen and oxygen atoms in total. The molecule has 1 aromatic carbocycles. The van der Waals surface area contributed by atoms with Gasteiger partial charge in [-0.1, -0.05) is 23.7 Å². The zero-order valence-corrected chi connectivity index (χ0v) is 23.4. The van der Waals surface area contributed by atoms with Gasteiger partial charge in [0.05, 0.1) is 11.0 Å². The Bertz CT molecular complexity index is 1580. The van der Waals surface area contributed by atoms with Crippen molar-refractivity contribution >= 4 is 46.1 Å². The predicted molar refractivity (Wildman–Crippen MR) is 142 cm³/mol. The highest BCUT2D eigenvalue weighted by atomic mass is 35.5. The minimum atomic E-state index is -5.08. The van der Waals surface area contributed by atoms with E-state index in [1.54, 1.807) is 0 Å². The van der Waals surface area contributed by atoms with Crippen molar-refractivity contribution in [2.45, 2.75) is 25.8 Å². The maximum absolute atomic E-state index is 13.0. The number of halogens is 7. The van der Waals surface area contributed by atoms with Crippen LogP contribution in [0.3, 0.4) is 0 Å². The largest absolute Gasteiger partial charge is 0.490 e. The van der Waals surface area contributed by atoms with Crippen molar-refractivity contribution in [2.24, 2.45) is 0 Å². The molecule has 0 saturated heterocycles. The van der Waals surface area contributed by atoms with Crippen molar-refractivity contribution in [1.82, 2.24) is 29.4 Å². The molecule has 0 saturated carbocycles. The lowest BCUT2D eigenvalue weighted by molar-refractivity contribution is -0.193. The van der Waals surface area contributed by atoms with Crippen LogP contribution in [-0.4, -0.2) is 91.7 Å². The van der Waals surface area contributed by atoms with Gasteiger partial charge in [-0.05, 0) is 56.9 Å². The smallest absolute Gasteiger partial charge is 0.475 e. The number of alkyl halides is 6. The fraction of sp³-hybridized carbons (Fsp3) is 0.320. The van der Waals surface area contributed by atoms with Gasteiger partial charge in [0, 0.05) is 24.7 Å². The Kier molecular flexibility index (Phi) is 11.5. The lowest BCUT2D eigenvalue weighted by Gasteiger charge is -2.13. The van der Waals surface area contributed by atoms with Crippen LogP contribution in [-0.2, 0) is 16.1 Å². The number of nitrogens with zero attached hydrogens (tertiary/aromatic N) is 5. The number of aryl methyl sites for hydroxylation is 1. The Hall–Kier alpha value is -4.38. The van der Waals surface area contributed by atoms with Gasteiger partial charge < -0.3 is 25.0 Å². The molecule has 3 heterocycles. The van der Waals surface area contributed by atoms with Crippen LogP contribution >= 0.6 is 11.6 Å². The fourth-order valence-corrected chi connectivity index (χ4v) is 3.71. The maximum atomic E-state index is 13.0. The monoisotopic (exact) mass is 638 g/mol. The van der Waals surface area contributed by atoms with Crippen LogP contribution in [0, 0.1) is 6.92 Å². The fourth-order valence-electron chi connectivity index (χ4n) is 3.50. The molecule has 0 spiro atoms. The number of likely N-dealkylation sites (N-methyl/N-ethyl adjacent to an activating group) is 1. The maximum Gasteiger partial charge on any atom is 0.490 e. The third kappa shape index (κ3) is 9.85. The number of carboxylic acid groups (broad SMARTS) is 2. The van der Waals surface area contributed by atoms with Gasteiger partial charge in [-0.2, -0.15) is 26.3 Å². The summed E-state index contributed by atoms with van der Waals surface area (Å²) in [5.41, 5.74) is 4.23. The number of fused-ring (bicyclic) bond motifs is 3. The number of hydrogen-bond acceptors (Lipinski definition) is 6. The van der Waals surface area contributed by atoms with Crippen LogP contribution in [0.5, 0.6) is 0 Å². The van der Waals surface area contributed by atoms with Crippen LogP contribution in [0.1, 0.15) is 21.9 Å². The highest BCUT2D eigenvalue weighted by Crippen LogP contribution is 2.24. The first-order chi connectivity index (χ1) is 19.8. The first kappa shape index (κ1) is 34.8. The second-order valence-corrected chi connectivity index (χ2v) is 9.39. The van der Waals surface area contributed by atoms with E-state index < -0.39 is 24.3 Å². The van der Waals surface area contributed by atoms with Gasteiger partial charge in [0.1, 0.15) is 11.5 Å². The van der Waals surface area contributed by atoms with Gasteiger partial charge >= 0.3 is 24.3 Å². The van der Waals surface area contributed by atoms with Crippen molar-refractivity contribution in [3.05, 3.63) is 64.6 Å². The Morgan fingerprint density at radius 3 is 2.02 bits per heavy atom. The summed E-state index contributed by atoms with van der Waals surface area (Å²) >= 11 is 6.17. The molecule has 0 atom stereocenters. The lowest BCUT2D eigenvalue weighted by Crippen LogP contribution is -2.32. The summed E-state index contributed by atoms with van der Waals surface area (Å²) in [5.74, 6) is -4.84. The van der Waals surface area contributed by atoms with Crippen LogP contribution in [0.2, 0.25) is 5.02 Å². The molecular formula is C25H25ClF6N6O5. The molecule has 0 aliphatic rings. The summed E-state index contributed by atoms with van der Waals surface area (Å²) in [6.07, 6.45) is -10.2. The molecular weight excluding hydrogens is 614 g/mol. The van der Waals surface area contributed by atoms with E-state index in [4.69, 9.17) is 31.4 Å². The Labute approximate surface area is 244 Å². The standard InChI is InChI=1S/C21H23ClN6O.2C2HF3O2/c1-14-24-25-20-8-7-17-18(28(14)20)12-19(21(29)23-9-10-26(2)3)27(17)13-15-5-4-6-16(22)11-15;2*3-2(4,5)1(6)7/h4-8,11-12H,9-10,13H2,1-3H3,(H,23,29);2*(H,6,7). The number of hydrogen-bond donors (Lipinski definition) is 3. The first-order valence-electron chi connectivity index (χ1n) is 11.9. The van der Waals surface area contributed by atoms with Gasteiger partial charge in [-0.15, -0.1) is 10.2 Å². The third-order valence-corrected chi connectivity index (χ3v) is 5.63. The molecule has 4 rings (SSSR count). The van der Waals surface area contributed by atoms with E-state index in [1.165, 1.54) is 0 Å². The normalized spacial score (nSPS) is 11.5. The average molecular weight is 639 g/mol. The van der Waals surface area contributed by atoms with Gasteiger partial charge in [0.25, 0.3) is 5.91 Å². The van der Waals surface area contributed by atoms with Crippen LogP contribution in [0.4, 0.5) is 26.3 Å². The lowest BCUT2D eigenvalue weighted by atomic mass is 10.2. The second-order valence-electron chi connectivity index (χ2n) is 8.96. The van der Waals surface area contributed by atoms with Gasteiger partial charge in [-0.25, -0.2) is 9.59 Å². The quantitative estimate of drug-likeness (QED) is 0.266. The van der Waals surface area contributed by atoms with Crippen LogP contribution in [0.15, 0.2) is 42.5 Å². The Morgan fingerprint density at radius 1 is 0.930 bits per heavy atom. The summed E-state index contributed by atoms with van der Waals surface area (Å²) < 4.78 is 67.5. The topological polar surface area (TPSA) is 142 Å². The summed E-state index contributed by atoms with van der Waals surface area (Å²) in [4.78, 5) is 32.8. The second kappa shape index (κ2) is 14.2. The number of carbonyl (C=O) groups is 3. The molecule has 43 heavy (non-hydrogen) atoms. The molecule has 3 N–H and O–H groups in total. The molecule has 234 valence electrons. The van der Waals surface area contributed by atoms with E-state index in [-0.39, 0.29) is 5.91 Å². The Morgan fingerprint density at radius 2 is 1.51 bits per heavy atom. The average Bonchev–Trinajstić information content (AvgIpc) is 3.44. The molecule has 0 aliphatic carbocycles. The van der Waals surface area contributed by atoms with Crippen molar-refractivity contribution in [1.29, 1.82) is 0 Å². The number of aliphatic carboxylic acids is 2. The summed E-state index contributed by atoms with van der Waals surface area (Å²) in [5, 5.41) is 26.3. The van der Waals surface area contributed by atoms with E-state index in [0.717, 1.165) is 34.6 Å². The summed E-state index contributed by atoms with van der Waals surface area (Å²) in [6.45, 7) is 3.79. The van der Waals surface area contributed by atoms with E-state index in [1.807, 2.05) is 77.4 Å². The van der Waals surface area contributed by atoms with E-state index in [9.17, 15) is 31.1 Å². The number of benzene rings is 1. The molecule has 0 radical (unpaired) electrons. The third-order valence-electron chi connectivity index (χ3n) is 5.39. The van der Waals surface area contributed by atoms with Gasteiger partial charge in [0.15, 0.2) is 5.65 Å². The minimum Gasteiger partial charge on any atom is -0.475 e. The number of rotatable bonds is 6. The minimum absolute atomic E-state index is 0.107. The highest BCUT2D eigenvalue weighted by Gasteiger charge is 2.38. The van der Waals surface area contributed by atoms with E-state index in [2.05, 4.69) is 15.5 Å². The zero-order chi connectivity index (χ0) is 32.7. The molecule has 0 unspecified atom stereocenters. The number of carbonyl (C=O) groups excluding carboxylic acids is 1. The zero-order valence-electron chi connectivity index (χ0n) is 22.7. The van der Waals surface area contributed by atoms with Gasteiger partial charge in [-0.3, -0.25) is 9.20 Å². The van der Waals surface area contributed by atoms with Crippen LogP contribution in [0.25, 0.3) is 16.7 Å². The van der Waals surface area contributed by atoms with Crippen molar-refractivity contribution in [3.63, 3.8) is 0 Å². The molecule has 0 aliphatic heterocycles. The van der Waals surface area contributed by atoms with Crippen molar-refractivity contribution in [3.8, 4) is 0 Å². The predicted octanol–water partition coefficient (Wildman–Crippen LogP) is 4.25. The number of nitrogens with one attached hydrogen (secondary N) is 1. The number of amides is 1. The summed E-state index contributed by atoms with van der Waals surface area (Å²) in [7, 11) is 3.96. The number of pyridine rings is 1. The molecule has 3 aromatic heterocycles. The van der Waals surface area contributed by atoms with Gasteiger partial charge in [0.2, 0.25) is 0 Å². The molecule has 4 aromatic rings. The van der Waals surface area contributed by atoms with Crippen molar-refractivity contribution in [2.75, 3.05) is 27.2 Å². The number of aromatic nitrogens is 4. The molecule has 0 bridgehead atoms. The number of carboxylic acids is 2. The first-order valence-corrected chi connectivity index (χ1v) is 12.3. The summed E-state index contributed by atoms with van der Waals surface area (Å²) in [6, 6.07) is 13.5. The molecule has 18 heteroatoms. The highest BCUT2D eigenvalue weighted by molar-refractivity contribution is 6.30. The van der Waals surface area contributed by atoms with Crippen molar-refractivity contribution < 1.29 is 50.9 Å². The SMILES string of the molecule is Cc1nnc2ccc3c(cc(C(=O)NCCN(C)C)n3Cc3cccc(Cl)c3)n12.O=C(O)C(F)(F)F.O=C(O)C(F)(F)F. The molecule has 0 fully saturated rings. The molecule has 1 amide bonds. The van der Waals surface area contributed by atoms with Crippen LogP contribution < -0.4 is 5.32 Å². The Balaban J connectivity index is 0.000000384. The van der Waals surface area contributed by atoms with E-state index >= 15 is 0 Å². The van der Waals surface area contributed by atoms with E-state index in [0.29, 0.717) is 23.8 Å².